The van der Waals surface area contributed by atoms with Crippen LogP contribution in [0.2, 0.25) is 0 Å². The van der Waals surface area contributed by atoms with Crippen molar-refractivity contribution in [2.24, 2.45) is 0 Å². The molecule has 0 saturated carbocycles. The van der Waals surface area contributed by atoms with Gasteiger partial charge in [0, 0.05) is 0 Å². The number of rotatable bonds is 6. The van der Waals surface area contributed by atoms with Crippen molar-refractivity contribution in [3.8, 4) is 5.88 Å². The summed E-state index contributed by atoms with van der Waals surface area (Å²) in [5.74, 6) is 0.681. The molecular formula is C18H21N3O. The number of hydrogen-bond donors (Lipinski definition) is 1. The van der Waals surface area contributed by atoms with Crippen molar-refractivity contribution in [3.63, 3.8) is 0 Å². The Balaban J connectivity index is 2.12. The Morgan fingerprint density at radius 1 is 1.09 bits per heavy atom. The number of nitrogens with one attached hydrogen (secondary N) is 1. The Labute approximate surface area is 130 Å². The molecule has 0 amide bonds. The lowest BCUT2D eigenvalue weighted by Crippen LogP contribution is -2.18. The quantitative estimate of drug-likeness (QED) is 0.759. The largest absolute Gasteiger partial charge is 0.479 e. The molecule has 22 heavy (non-hydrogen) atoms. The van der Waals surface area contributed by atoms with E-state index in [0.29, 0.717) is 5.88 Å². The van der Waals surface area contributed by atoms with E-state index < -0.39 is 0 Å². The zero-order valence-electron chi connectivity index (χ0n) is 13.0. The Morgan fingerprint density at radius 2 is 1.82 bits per heavy atom. The highest BCUT2D eigenvalue weighted by atomic mass is 16.5. The molecule has 1 atom stereocenters. The van der Waals surface area contributed by atoms with Crippen molar-refractivity contribution in [2.75, 3.05) is 20.7 Å². The summed E-state index contributed by atoms with van der Waals surface area (Å²) in [4.78, 5) is 0. The first-order valence-electron chi connectivity index (χ1n) is 7.56. The van der Waals surface area contributed by atoms with Crippen LogP contribution in [0.4, 0.5) is 0 Å². The first kappa shape index (κ1) is 14.6. The van der Waals surface area contributed by atoms with E-state index in [2.05, 4.69) is 46.4 Å². The topological polar surface area (TPSA) is 39.1 Å². The molecule has 2 aromatic carbocycles. The third kappa shape index (κ3) is 2.70. The molecule has 0 saturated heterocycles. The van der Waals surface area contributed by atoms with Gasteiger partial charge in [0.05, 0.1) is 24.1 Å². The van der Waals surface area contributed by atoms with E-state index in [1.54, 1.807) is 7.11 Å². The number of ether oxygens (including phenoxy) is 1. The van der Waals surface area contributed by atoms with Gasteiger partial charge in [0.2, 0.25) is 5.88 Å². The molecule has 3 rings (SSSR count). The van der Waals surface area contributed by atoms with Crippen LogP contribution >= 0.6 is 0 Å². The van der Waals surface area contributed by atoms with Gasteiger partial charge in [-0.2, -0.15) is 0 Å². The smallest absolute Gasteiger partial charge is 0.240 e. The molecule has 1 unspecified atom stereocenters. The Kier molecular flexibility index (Phi) is 4.39. The number of nitrogens with zero attached hydrogens (tertiary/aromatic N) is 2. The maximum Gasteiger partial charge on any atom is 0.240 e. The van der Waals surface area contributed by atoms with Crippen molar-refractivity contribution < 1.29 is 4.74 Å². The van der Waals surface area contributed by atoms with Crippen LogP contribution in [0.5, 0.6) is 5.88 Å². The Hall–Kier alpha value is -2.33. The van der Waals surface area contributed by atoms with Crippen LogP contribution in [-0.2, 0) is 0 Å². The highest BCUT2D eigenvalue weighted by Gasteiger charge is 2.19. The van der Waals surface area contributed by atoms with Gasteiger partial charge >= 0.3 is 0 Å². The van der Waals surface area contributed by atoms with E-state index in [0.717, 1.165) is 23.9 Å². The van der Waals surface area contributed by atoms with Gasteiger partial charge < -0.3 is 10.1 Å². The molecular weight excluding hydrogens is 274 g/mol. The number of para-hydroxylation sites is 1. The summed E-state index contributed by atoms with van der Waals surface area (Å²) in [7, 11) is 3.65. The molecule has 1 aromatic heterocycles. The predicted octanol–water partition coefficient (Wildman–Crippen LogP) is 3.24. The van der Waals surface area contributed by atoms with Crippen LogP contribution in [0.3, 0.4) is 0 Å². The lowest BCUT2D eigenvalue weighted by molar-refractivity contribution is 0.383. The fourth-order valence-corrected chi connectivity index (χ4v) is 2.83. The van der Waals surface area contributed by atoms with Crippen LogP contribution in [0.25, 0.3) is 10.9 Å². The minimum absolute atomic E-state index is 0.183. The van der Waals surface area contributed by atoms with Crippen molar-refractivity contribution in [2.45, 2.75) is 12.5 Å². The molecule has 4 nitrogen and oxygen atoms in total. The minimum Gasteiger partial charge on any atom is -0.479 e. The number of benzene rings is 2. The zero-order chi connectivity index (χ0) is 15.4. The van der Waals surface area contributed by atoms with E-state index in [4.69, 9.17) is 9.84 Å². The van der Waals surface area contributed by atoms with Gasteiger partial charge in [0.1, 0.15) is 0 Å². The molecule has 4 heteroatoms. The summed E-state index contributed by atoms with van der Waals surface area (Å²) >= 11 is 0. The summed E-state index contributed by atoms with van der Waals surface area (Å²) in [6, 6.07) is 18.9. The molecule has 0 aliphatic carbocycles. The Bertz CT molecular complexity index is 736. The van der Waals surface area contributed by atoms with Gasteiger partial charge in [-0.25, -0.2) is 0 Å². The van der Waals surface area contributed by atoms with Gasteiger partial charge in [-0.15, -0.1) is 5.10 Å². The number of fused-ring (bicyclic) bond motifs is 1. The average Bonchev–Trinajstić information content (AvgIpc) is 2.95. The third-order valence-corrected chi connectivity index (χ3v) is 3.92. The van der Waals surface area contributed by atoms with Gasteiger partial charge in [0.25, 0.3) is 0 Å². The maximum atomic E-state index is 5.45. The molecule has 0 bridgehead atoms. The van der Waals surface area contributed by atoms with Crippen LogP contribution in [0, 0.1) is 0 Å². The molecule has 1 heterocycles. The number of hydrogen-bond acceptors (Lipinski definition) is 3. The lowest BCUT2D eigenvalue weighted by atomic mass is 10.0. The second kappa shape index (κ2) is 6.62. The predicted molar refractivity (Wildman–Crippen MR) is 89.4 cm³/mol. The van der Waals surface area contributed by atoms with Gasteiger partial charge in [-0.05, 0) is 37.7 Å². The fourth-order valence-electron chi connectivity index (χ4n) is 2.83. The summed E-state index contributed by atoms with van der Waals surface area (Å²) < 4.78 is 7.54. The number of methoxy groups -OCH3 is 1. The summed E-state index contributed by atoms with van der Waals surface area (Å²) in [6.45, 7) is 0.927. The lowest BCUT2D eigenvalue weighted by Gasteiger charge is -2.19. The molecule has 1 N–H and O–H groups in total. The average molecular weight is 295 g/mol. The van der Waals surface area contributed by atoms with E-state index in [1.807, 2.05) is 25.2 Å². The molecule has 0 spiro atoms. The van der Waals surface area contributed by atoms with E-state index >= 15 is 0 Å². The number of aromatic nitrogens is 2. The van der Waals surface area contributed by atoms with E-state index in [9.17, 15) is 0 Å². The van der Waals surface area contributed by atoms with Crippen molar-refractivity contribution in [1.82, 2.24) is 15.1 Å². The van der Waals surface area contributed by atoms with Crippen LogP contribution in [0.1, 0.15) is 18.0 Å². The SMILES string of the molecule is CNCCC(c1ccccc1)n1nc(OC)c2ccccc21. The van der Waals surface area contributed by atoms with Crippen LogP contribution in [-0.4, -0.2) is 30.5 Å². The minimum atomic E-state index is 0.183. The van der Waals surface area contributed by atoms with E-state index in [-0.39, 0.29) is 6.04 Å². The van der Waals surface area contributed by atoms with Crippen molar-refractivity contribution in [3.05, 3.63) is 60.2 Å². The molecule has 0 aliphatic heterocycles. The van der Waals surface area contributed by atoms with E-state index in [1.165, 1.54) is 5.56 Å². The van der Waals surface area contributed by atoms with Gasteiger partial charge in [-0.1, -0.05) is 42.5 Å². The second-order valence-electron chi connectivity index (χ2n) is 5.29. The molecule has 0 aliphatic rings. The van der Waals surface area contributed by atoms with Crippen molar-refractivity contribution in [1.29, 1.82) is 0 Å². The highest BCUT2D eigenvalue weighted by Crippen LogP contribution is 2.31. The highest BCUT2D eigenvalue weighted by molar-refractivity contribution is 5.84. The zero-order valence-corrected chi connectivity index (χ0v) is 13.0. The summed E-state index contributed by atoms with van der Waals surface area (Å²) in [5, 5.41) is 8.99. The van der Waals surface area contributed by atoms with Crippen LogP contribution in [0.15, 0.2) is 54.6 Å². The van der Waals surface area contributed by atoms with Gasteiger partial charge in [0.15, 0.2) is 0 Å². The van der Waals surface area contributed by atoms with Gasteiger partial charge in [-0.3, -0.25) is 4.68 Å². The fraction of sp³-hybridized carbons (Fsp3) is 0.278. The second-order valence-corrected chi connectivity index (χ2v) is 5.29. The third-order valence-electron chi connectivity index (χ3n) is 3.92. The monoisotopic (exact) mass is 295 g/mol. The molecule has 0 fully saturated rings. The molecule has 3 aromatic rings. The first-order valence-corrected chi connectivity index (χ1v) is 7.56. The Morgan fingerprint density at radius 3 is 2.55 bits per heavy atom. The molecule has 114 valence electrons. The summed E-state index contributed by atoms with van der Waals surface area (Å²) in [5.41, 5.74) is 2.36. The standard InChI is InChI=1S/C18H21N3O/c1-19-13-12-16(14-8-4-3-5-9-14)21-17-11-7-6-10-15(17)18(20-21)22-2/h3-11,16,19H,12-13H2,1-2H3. The normalized spacial score (nSPS) is 12.5. The molecule has 0 radical (unpaired) electrons. The maximum absolute atomic E-state index is 5.45. The summed E-state index contributed by atoms with van der Waals surface area (Å²) in [6.07, 6.45) is 0.968. The van der Waals surface area contributed by atoms with Crippen molar-refractivity contribution >= 4 is 10.9 Å². The van der Waals surface area contributed by atoms with Crippen LogP contribution < -0.4 is 10.1 Å². The first-order chi connectivity index (χ1) is 10.8.